The Labute approximate surface area is 300 Å². The van der Waals surface area contributed by atoms with Gasteiger partial charge >= 0.3 is 0 Å². The number of fused-ring (bicyclic) bond motifs is 5. The number of hydrogen-bond acceptors (Lipinski definition) is 4. The monoisotopic (exact) mass is 662 g/mol. The minimum Gasteiger partial charge on any atom is -0.255 e. The highest BCUT2D eigenvalue weighted by Crippen LogP contribution is 2.33. The molecule has 4 heteroatoms. The molecule has 242 valence electrons. The van der Waals surface area contributed by atoms with Gasteiger partial charge in [0.2, 0.25) is 0 Å². The summed E-state index contributed by atoms with van der Waals surface area (Å²) in [5.74, 6) is 0. The molecule has 0 saturated heterocycles. The van der Waals surface area contributed by atoms with Gasteiger partial charge in [0.15, 0.2) is 0 Å². The summed E-state index contributed by atoms with van der Waals surface area (Å²) in [5, 5.41) is 5.64. The lowest BCUT2D eigenvalue weighted by molar-refractivity contribution is 1.28. The molecule has 6 aromatic carbocycles. The van der Waals surface area contributed by atoms with Gasteiger partial charge < -0.3 is 0 Å². The molecule has 0 aliphatic rings. The highest BCUT2D eigenvalue weighted by Gasteiger charge is 2.11. The third-order valence-electron chi connectivity index (χ3n) is 9.89. The maximum absolute atomic E-state index is 5.18. The molecular weight excluding hydrogens is 633 g/mol. The maximum Gasteiger partial charge on any atom is 0.0972 e. The van der Waals surface area contributed by atoms with Crippen LogP contribution in [0.2, 0.25) is 0 Å². The number of rotatable bonds is 5. The zero-order valence-electron chi connectivity index (χ0n) is 28.1. The van der Waals surface area contributed by atoms with Gasteiger partial charge in [0.25, 0.3) is 0 Å². The van der Waals surface area contributed by atoms with E-state index in [2.05, 4.69) is 138 Å². The van der Waals surface area contributed by atoms with E-state index in [0.717, 1.165) is 66.6 Å². The molecule has 10 aromatic rings. The average Bonchev–Trinajstić information content (AvgIpc) is 3.23. The van der Waals surface area contributed by atoms with E-state index in [0.29, 0.717) is 0 Å². The van der Waals surface area contributed by atoms with Crippen LogP contribution in [0.3, 0.4) is 0 Å². The number of benzene rings is 6. The molecule has 0 N–H and O–H groups in total. The maximum atomic E-state index is 5.18. The molecular formula is C48H30N4. The Kier molecular flexibility index (Phi) is 7.10. The highest BCUT2D eigenvalue weighted by atomic mass is 14.8. The van der Waals surface area contributed by atoms with E-state index >= 15 is 0 Å². The van der Waals surface area contributed by atoms with Crippen molar-refractivity contribution < 1.29 is 0 Å². The van der Waals surface area contributed by atoms with Gasteiger partial charge in [-0.15, -0.1) is 0 Å². The van der Waals surface area contributed by atoms with Crippen molar-refractivity contribution in [2.24, 2.45) is 0 Å². The van der Waals surface area contributed by atoms with Crippen LogP contribution in [-0.2, 0) is 0 Å². The van der Waals surface area contributed by atoms with Gasteiger partial charge in [0, 0.05) is 33.5 Å². The quantitative estimate of drug-likeness (QED) is 0.172. The topological polar surface area (TPSA) is 51.6 Å². The van der Waals surface area contributed by atoms with Gasteiger partial charge in [-0.2, -0.15) is 0 Å². The Balaban J connectivity index is 0.928. The van der Waals surface area contributed by atoms with Crippen molar-refractivity contribution in [1.29, 1.82) is 0 Å². The molecule has 52 heavy (non-hydrogen) atoms. The van der Waals surface area contributed by atoms with E-state index in [4.69, 9.17) is 15.0 Å². The second kappa shape index (κ2) is 12.4. The number of pyridine rings is 4. The molecule has 0 bridgehead atoms. The van der Waals surface area contributed by atoms with Crippen LogP contribution in [0.4, 0.5) is 0 Å². The highest BCUT2D eigenvalue weighted by molar-refractivity contribution is 6.04. The Morgan fingerprint density at radius 2 is 0.769 bits per heavy atom. The normalized spacial score (nSPS) is 11.5. The summed E-state index contributed by atoms with van der Waals surface area (Å²) in [6, 6.07) is 61.7. The van der Waals surface area contributed by atoms with Crippen LogP contribution in [0.15, 0.2) is 182 Å². The third-order valence-corrected chi connectivity index (χ3v) is 9.89. The lowest BCUT2D eigenvalue weighted by Crippen LogP contribution is -1.91. The molecule has 10 rings (SSSR count). The van der Waals surface area contributed by atoms with Crippen molar-refractivity contribution in [3.8, 4) is 56.2 Å². The van der Waals surface area contributed by atoms with Crippen LogP contribution >= 0.6 is 0 Å². The molecule has 0 spiro atoms. The van der Waals surface area contributed by atoms with E-state index in [1.807, 2.05) is 42.5 Å². The van der Waals surface area contributed by atoms with Crippen LogP contribution in [0.1, 0.15) is 0 Å². The van der Waals surface area contributed by atoms with Crippen LogP contribution in [0.5, 0.6) is 0 Å². The fourth-order valence-corrected chi connectivity index (χ4v) is 7.10. The summed E-state index contributed by atoms with van der Waals surface area (Å²) in [5.41, 5.74) is 13.3. The van der Waals surface area contributed by atoms with E-state index < -0.39 is 0 Å². The molecule has 4 aromatic heterocycles. The van der Waals surface area contributed by atoms with Gasteiger partial charge in [-0.05, 0) is 87.6 Å². The van der Waals surface area contributed by atoms with Crippen LogP contribution in [0.25, 0.3) is 99.6 Å². The Morgan fingerprint density at radius 3 is 1.44 bits per heavy atom. The molecule has 4 nitrogen and oxygen atoms in total. The summed E-state index contributed by atoms with van der Waals surface area (Å²) in [4.78, 5) is 19.6. The van der Waals surface area contributed by atoms with Crippen molar-refractivity contribution >= 4 is 43.5 Å². The fraction of sp³-hybridized carbons (Fsp3) is 0. The summed E-state index contributed by atoms with van der Waals surface area (Å²) in [6.07, 6.45) is 1.80. The molecule has 0 atom stereocenters. The number of aromatic nitrogens is 4. The van der Waals surface area contributed by atoms with Crippen molar-refractivity contribution in [2.45, 2.75) is 0 Å². The minimum atomic E-state index is 0.879. The number of nitrogens with zero attached hydrogens (tertiary/aromatic N) is 4. The summed E-state index contributed by atoms with van der Waals surface area (Å²) in [7, 11) is 0. The Morgan fingerprint density at radius 1 is 0.269 bits per heavy atom. The predicted octanol–water partition coefficient (Wildman–Crippen LogP) is 12.2. The van der Waals surface area contributed by atoms with Gasteiger partial charge in [0.1, 0.15) is 0 Å². The second-order valence-electron chi connectivity index (χ2n) is 13.1. The first-order valence-corrected chi connectivity index (χ1v) is 17.5. The Bertz CT molecular complexity index is 2940. The lowest BCUT2D eigenvalue weighted by atomic mass is 9.96. The van der Waals surface area contributed by atoms with E-state index in [9.17, 15) is 0 Å². The summed E-state index contributed by atoms with van der Waals surface area (Å²) >= 11 is 0. The molecule has 0 radical (unpaired) electrons. The Hall–Kier alpha value is -7.04. The first-order chi connectivity index (χ1) is 25.7. The fourth-order valence-electron chi connectivity index (χ4n) is 7.10. The van der Waals surface area contributed by atoms with Crippen molar-refractivity contribution in [1.82, 2.24) is 19.9 Å². The van der Waals surface area contributed by atoms with E-state index in [-0.39, 0.29) is 0 Å². The SMILES string of the molecule is c1ccc(-c2ccc3ccc4ccc(-c5ccc6cc(-c7ccc(-c8ccc9nc(-c%10ccccn%10)ccc9c8)cc7)ccc6c5)nc4c3n2)cc1. The van der Waals surface area contributed by atoms with Crippen molar-refractivity contribution in [3.05, 3.63) is 182 Å². The summed E-state index contributed by atoms with van der Waals surface area (Å²) in [6.45, 7) is 0. The first-order valence-electron chi connectivity index (χ1n) is 17.5. The van der Waals surface area contributed by atoms with E-state index in [1.54, 1.807) is 6.20 Å². The number of hydrogen-bond donors (Lipinski definition) is 0. The van der Waals surface area contributed by atoms with E-state index in [1.165, 1.54) is 33.0 Å². The molecule has 0 amide bonds. The van der Waals surface area contributed by atoms with Gasteiger partial charge in [-0.1, -0.05) is 121 Å². The molecule has 4 heterocycles. The second-order valence-corrected chi connectivity index (χ2v) is 13.1. The molecule has 0 unspecified atom stereocenters. The van der Waals surface area contributed by atoms with Crippen LogP contribution in [0, 0.1) is 0 Å². The molecule has 0 fully saturated rings. The van der Waals surface area contributed by atoms with Crippen LogP contribution < -0.4 is 0 Å². The van der Waals surface area contributed by atoms with Crippen LogP contribution in [-0.4, -0.2) is 19.9 Å². The zero-order chi connectivity index (χ0) is 34.4. The summed E-state index contributed by atoms with van der Waals surface area (Å²) < 4.78 is 0. The van der Waals surface area contributed by atoms with Crippen molar-refractivity contribution in [3.63, 3.8) is 0 Å². The largest absolute Gasteiger partial charge is 0.255 e. The zero-order valence-corrected chi connectivity index (χ0v) is 28.1. The predicted molar refractivity (Wildman–Crippen MR) is 215 cm³/mol. The molecule has 0 saturated carbocycles. The van der Waals surface area contributed by atoms with Gasteiger partial charge in [-0.25, -0.2) is 15.0 Å². The molecule has 0 aliphatic carbocycles. The van der Waals surface area contributed by atoms with Gasteiger partial charge in [-0.3, -0.25) is 4.98 Å². The third kappa shape index (κ3) is 5.44. The molecule has 0 aliphatic heterocycles. The standard InChI is InChI=1S/C48H30N4/c1-2-6-33(7-3-1)42-23-19-34-13-14-35-20-24-44(52-48(35)47(34)51-42)40-18-17-38-28-36(15-16-39(38)30-40)31-9-11-32(12-10-31)37-21-25-43-41(29-37)22-26-46(50-43)45-8-4-5-27-49-45/h1-30H. The smallest absolute Gasteiger partial charge is 0.0972 e. The van der Waals surface area contributed by atoms with Gasteiger partial charge in [0.05, 0.1) is 39.3 Å². The lowest BCUT2D eigenvalue weighted by Gasteiger charge is -2.10. The minimum absolute atomic E-state index is 0.879. The average molecular weight is 663 g/mol. The first kappa shape index (κ1) is 29.8. The van der Waals surface area contributed by atoms with Crippen molar-refractivity contribution in [2.75, 3.05) is 0 Å².